The predicted molar refractivity (Wildman–Crippen MR) is 40.8 cm³/mol. The highest BCUT2D eigenvalue weighted by molar-refractivity contribution is 7.80. The summed E-state index contributed by atoms with van der Waals surface area (Å²) in [6.07, 6.45) is 0.300. The normalized spacial score (nSPS) is 17.3. The third-order valence-corrected chi connectivity index (χ3v) is 1.59. The Hall–Kier alpha value is 0.270. The van der Waals surface area contributed by atoms with E-state index in [9.17, 15) is 0 Å². The molecule has 0 heterocycles. The van der Waals surface area contributed by atoms with E-state index in [2.05, 4.69) is 12.6 Å². The van der Waals surface area contributed by atoms with Crippen LogP contribution in [-0.4, -0.2) is 28.2 Å². The van der Waals surface area contributed by atoms with E-state index in [0.717, 1.165) is 6.42 Å². The van der Waals surface area contributed by atoms with Crippen molar-refractivity contribution in [1.82, 2.24) is 0 Å². The second-order valence-electron chi connectivity index (χ2n) is 2.11. The summed E-state index contributed by atoms with van der Waals surface area (Å²) in [6, 6.07) is 0. The number of hydrogen-bond acceptors (Lipinski definition) is 3. The molecule has 9 heavy (non-hydrogen) atoms. The Morgan fingerprint density at radius 2 is 1.89 bits per heavy atom. The number of aliphatic hydroxyl groups excluding tert-OH is 2. The second kappa shape index (κ2) is 5.09. The highest BCUT2D eigenvalue weighted by atomic mass is 32.1. The van der Waals surface area contributed by atoms with Gasteiger partial charge in [0.25, 0.3) is 0 Å². The Kier molecular flexibility index (Phi) is 5.24. The molecule has 0 aliphatic carbocycles. The summed E-state index contributed by atoms with van der Waals surface area (Å²) in [5.41, 5.74) is 0. The third kappa shape index (κ3) is 3.78. The zero-order chi connectivity index (χ0) is 7.28. The first kappa shape index (κ1) is 9.27. The Balaban J connectivity index is 3.32. The lowest BCUT2D eigenvalue weighted by atomic mass is 10.1. The van der Waals surface area contributed by atoms with Gasteiger partial charge in [-0.05, 0) is 6.42 Å². The lowest BCUT2D eigenvalue weighted by Crippen LogP contribution is -2.26. The number of rotatable bonds is 4. The van der Waals surface area contributed by atoms with Gasteiger partial charge in [0.15, 0.2) is 0 Å². The van der Waals surface area contributed by atoms with Crippen LogP contribution in [0.15, 0.2) is 0 Å². The van der Waals surface area contributed by atoms with E-state index in [1.165, 1.54) is 0 Å². The van der Waals surface area contributed by atoms with Crippen LogP contribution in [-0.2, 0) is 0 Å². The molecule has 0 aromatic heterocycles. The minimum Gasteiger partial charge on any atom is -0.390 e. The lowest BCUT2D eigenvalue weighted by molar-refractivity contribution is 0.0289. The average molecular weight is 150 g/mol. The van der Waals surface area contributed by atoms with Crippen LogP contribution in [0, 0.1) is 0 Å². The van der Waals surface area contributed by atoms with E-state index in [-0.39, 0.29) is 0 Å². The molecule has 0 aliphatic heterocycles. The summed E-state index contributed by atoms with van der Waals surface area (Å²) < 4.78 is 0. The fourth-order valence-corrected chi connectivity index (χ4v) is 0.853. The van der Waals surface area contributed by atoms with Crippen LogP contribution in [0.5, 0.6) is 0 Å². The molecule has 0 rings (SSSR count). The summed E-state index contributed by atoms with van der Waals surface area (Å²) in [5, 5.41) is 17.9. The minimum atomic E-state index is -0.659. The number of thiol groups is 1. The fourth-order valence-electron chi connectivity index (χ4n) is 0.610. The molecule has 0 fully saturated rings. The molecule has 0 radical (unpaired) electrons. The molecule has 2 nitrogen and oxygen atoms in total. The van der Waals surface area contributed by atoms with Crippen LogP contribution in [0.3, 0.4) is 0 Å². The van der Waals surface area contributed by atoms with Crippen LogP contribution in [0.4, 0.5) is 0 Å². The van der Waals surface area contributed by atoms with Crippen LogP contribution in [0.25, 0.3) is 0 Å². The molecule has 0 saturated carbocycles. The van der Waals surface area contributed by atoms with E-state index < -0.39 is 12.2 Å². The molecule has 0 aliphatic rings. The standard InChI is InChI=1S/C6H14O2S/c1-2-3-5(7)6(8)4-9/h5-9H,2-4H2,1H3. The maximum Gasteiger partial charge on any atom is 0.0886 e. The van der Waals surface area contributed by atoms with Crippen molar-refractivity contribution < 1.29 is 10.2 Å². The Morgan fingerprint density at radius 3 is 2.22 bits per heavy atom. The summed E-state index contributed by atoms with van der Waals surface area (Å²) in [6.45, 7) is 1.97. The largest absolute Gasteiger partial charge is 0.390 e. The molecule has 2 unspecified atom stereocenters. The van der Waals surface area contributed by atoms with Gasteiger partial charge in [-0.1, -0.05) is 13.3 Å². The molecule has 0 aromatic rings. The van der Waals surface area contributed by atoms with Crippen molar-refractivity contribution in [3.8, 4) is 0 Å². The van der Waals surface area contributed by atoms with Crippen molar-refractivity contribution in [3.63, 3.8) is 0 Å². The molecule has 3 heteroatoms. The van der Waals surface area contributed by atoms with Gasteiger partial charge in [-0.2, -0.15) is 12.6 Å². The quantitative estimate of drug-likeness (QED) is 0.509. The zero-order valence-electron chi connectivity index (χ0n) is 5.62. The van der Waals surface area contributed by atoms with Crippen LogP contribution < -0.4 is 0 Å². The summed E-state index contributed by atoms with van der Waals surface area (Å²) in [7, 11) is 0. The van der Waals surface area contributed by atoms with Crippen molar-refractivity contribution in [1.29, 1.82) is 0 Å². The van der Waals surface area contributed by atoms with Gasteiger partial charge in [0, 0.05) is 5.75 Å². The molecule has 2 N–H and O–H groups in total. The molecule has 56 valence electrons. The van der Waals surface area contributed by atoms with Gasteiger partial charge in [0.05, 0.1) is 12.2 Å². The first-order valence-corrected chi connectivity index (χ1v) is 3.82. The molecule has 0 aromatic carbocycles. The van der Waals surface area contributed by atoms with Crippen molar-refractivity contribution in [2.75, 3.05) is 5.75 Å². The van der Waals surface area contributed by atoms with Crippen molar-refractivity contribution in [2.45, 2.75) is 32.0 Å². The van der Waals surface area contributed by atoms with Gasteiger partial charge in [0.2, 0.25) is 0 Å². The van der Waals surface area contributed by atoms with Gasteiger partial charge in [0.1, 0.15) is 0 Å². The first-order chi connectivity index (χ1) is 4.22. The number of hydrogen-bond donors (Lipinski definition) is 3. The maximum atomic E-state index is 9.02. The Bertz CT molecular complexity index is 68.1. The van der Waals surface area contributed by atoms with Gasteiger partial charge < -0.3 is 10.2 Å². The topological polar surface area (TPSA) is 40.5 Å². The van der Waals surface area contributed by atoms with Gasteiger partial charge in [-0.3, -0.25) is 0 Å². The third-order valence-electron chi connectivity index (χ3n) is 1.22. The Morgan fingerprint density at radius 1 is 1.33 bits per heavy atom. The van der Waals surface area contributed by atoms with Gasteiger partial charge in [-0.15, -0.1) is 0 Å². The Labute approximate surface area is 61.3 Å². The second-order valence-corrected chi connectivity index (χ2v) is 2.47. The van der Waals surface area contributed by atoms with Gasteiger partial charge >= 0.3 is 0 Å². The predicted octanol–water partition coefficient (Wildman–Crippen LogP) is 0.438. The van der Waals surface area contributed by atoms with Gasteiger partial charge in [-0.25, -0.2) is 0 Å². The van der Waals surface area contributed by atoms with E-state index in [4.69, 9.17) is 10.2 Å². The van der Waals surface area contributed by atoms with Crippen LogP contribution in [0.1, 0.15) is 19.8 Å². The van der Waals surface area contributed by atoms with Crippen molar-refractivity contribution in [3.05, 3.63) is 0 Å². The maximum absolute atomic E-state index is 9.02. The van der Waals surface area contributed by atoms with E-state index in [0.29, 0.717) is 12.2 Å². The zero-order valence-corrected chi connectivity index (χ0v) is 6.51. The minimum absolute atomic E-state index is 0.334. The van der Waals surface area contributed by atoms with E-state index in [1.54, 1.807) is 0 Å². The smallest absolute Gasteiger partial charge is 0.0886 e. The van der Waals surface area contributed by atoms with E-state index >= 15 is 0 Å². The lowest BCUT2D eigenvalue weighted by Gasteiger charge is -2.13. The van der Waals surface area contributed by atoms with Crippen LogP contribution in [0.2, 0.25) is 0 Å². The molecule has 2 atom stereocenters. The molecule has 0 spiro atoms. The van der Waals surface area contributed by atoms with Crippen molar-refractivity contribution in [2.24, 2.45) is 0 Å². The highest BCUT2D eigenvalue weighted by Gasteiger charge is 2.11. The molecule has 0 saturated heterocycles. The highest BCUT2D eigenvalue weighted by Crippen LogP contribution is 2.02. The van der Waals surface area contributed by atoms with Crippen molar-refractivity contribution >= 4 is 12.6 Å². The summed E-state index contributed by atoms with van der Waals surface area (Å²) in [4.78, 5) is 0. The average Bonchev–Trinajstić information content (AvgIpc) is 1.87. The molecular formula is C6H14O2S. The fraction of sp³-hybridized carbons (Fsp3) is 1.00. The molecule has 0 bridgehead atoms. The monoisotopic (exact) mass is 150 g/mol. The molecule has 0 amide bonds. The summed E-state index contributed by atoms with van der Waals surface area (Å²) in [5.74, 6) is 0.334. The summed E-state index contributed by atoms with van der Waals surface area (Å²) >= 11 is 3.84. The van der Waals surface area contributed by atoms with Crippen LogP contribution >= 0.6 is 12.6 Å². The van der Waals surface area contributed by atoms with E-state index in [1.807, 2.05) is 6.92 Å². The molecular weight excluding hydrogens is 136 g/mol. The number of aliphatic hydroxyl groups is 2. The SMILES string of the molecule is CCCC(O)C(O)CS. The first-order valence-electron chi connectivity index (χ1n) is 3.19.